The quantitative estimate of drug-likeness (QED) is 0.883. The highest BCUT2D eigenvalue weighted by Gasteiger charge is 2.20. The molecular weight excluding hydrogens is 312 g/mol. The summed E-state index contributed by atoms with van der Waals surface area (Å²) in [6.45, 7) is 3.00. The summed E-state index contributed by atoms with van der Waals surface area (Å²) in [6.07, 6.45) is 4.33. The van der Waals surface area contributed by atoms with Crippen LogP contribution in [-0.2, 0) is 6.54 Å². The molecule has 0 aliphatic carbocycles. The van der Waals surface area contributed by atoms with Crippen LogP contribution in [0, 0.1) is 5.92 Å². The normalized spacial score (nSPS) is 19.3. The largest absolute Gasteiger partial charge is 0.396 e. The van der Waals surface area contributed by atoms with Crippen LogP contribution in [0.25, 0.3) is 10.9 Å². The van der Waals surface area contributed by atoms with Crippen molar-refractivity contribution in [2.24, 2.45) is 5.92 Å². The van der Waals surface area contributed by atoms with Crippen molar-refractivity contribution < 1.29 is 5.11 Å². The molecular formula is C18H23ClN2O2. The van der Waals surface area contributed by atoms with Crippen molar-refractivity contribution in [3.05, 3.63) is 45.2 Å². The molecule has 1 aliphatic heterocycles. The highest BCUT2D eigenvalue weighted by atomic mass is 35.5. The van der Waals surface area contributed by atoms with E-state index in [9.17, 15) is 4.79 Å². The third-order valence-electron chi connectivity index (χ3n) is 4.65. The smallest absolute Gasteiger partial charge is 0.252 e. The number of aromatic amines is 1. The topological polar surface area (TPSA) is 56.3 Å². The summed E-state index contributed by atoms with van der Waals surface area (Å²) in [7, 11) is 0. The Morgan fingerprint density at radius 2 is 2.22 bits per heavy atom. The molecule has 1 saturated heterocycles. The second-order valence-electron chi connectivity index (χ2n) is 6.46. The lowest BCUT2D eigenvalue weighted by Gasteiger charge is -2.32. The molecule has 1 aromatic carbocycles. The van der Waals surface area contributed by atoms with Gasteiger partial charge in [0.2, 0.25) is 0 Å². The fourth-order valence-electron chi connectivity index (χ4n) is 3.49. The summed E-state index contributed by atoms with van der Waals surface area (Å²) in [5, 5.41) is 10.6. The third-order valence-corrected chi connectivity index (χ3v) is 4.89. The first kappa shape index (κ1) is 16.5. The van der Waals surface area contributed by atoms with E-state index in [0.29, 0.717) is 17.5 Å². The zero-order valence-corrected chi connectivity index (χ0v) is 14.0. The number of nitrogens with one attached hydrogen (secondary N) is 1. The number of nitrogens with zero attached hydrogens (tertiary/aromatic N) is 1. The molecule has 0 spiro atoms. The van der Waals surface area contributed by atoms with Crippen molar-refractivity contribution >= 4 is 22.5 Å². The zero-order valence-electron chi connectivity index (χ0n) is 13.2. The number of likely N-dealkylation sites (tertiary alicyclic amines) is 1. The van der Waals surface area contributed by atoms with Crippen molar-refractivity contribution in [2.75, 3.05) is 19.7 Å². The maximum Gasteiger partial charge on any atom is 0.252 e. The van der Waals surface area contributed by atoms with E-state index in [1.54, 1.807) is 6.07 Å². The van der Waals surface area contributed by atoms with E-state index >= 15 is 0 Å². The van der Waals surface area contributed by atoms with Crippen molar-refractivity contribution in [1.82, 2.24) is 9.88 Å². The van der Waals surface area contributed by atoms with Gasteiger partial charge in [-0.1, -0.05) is 17.7 Å². The van der Waals surface area contributed by atoms with Gasteiger partial charge in [0.05, 0.1) is 0 Å². The Balaban J connectivity index is 1.74. The standard InChI is InChI=1S/C18H23ClN2O2/c19-16-6-5-14-9-15(18(23)20-17(14)10-16)12-21-7-1-3-13(11-21)4-2-8-22/h5-6,9-10,13,22H,1-4,7-8,11-12H2,(H,20,23)/t13-/m1/s1. The average Bonchev–Trinajstić information content (AvgIpc) is 2.54. The number of pyridine rings is 1. The molecule has 23 heavy (non-hydrogen) atoms. The van der Waals surface area contributed by atoms with Crippen LogP contribution in [0.2, 0.25) is 5.02 Å². The first-order valence-corrected chi connectivity index (χ1v) is 8.68. The van der Waals surface area contributed by atoms with Crippen molar-refractivity contribution in [2.45, 2.75) is 32.2 Å². The number of fused-ring (bicyclic) bond motifs is 1. The molecule has 1 aliphatic rings. The monoisotopic (exact) mass is 334 g/mol. The number of hydrogen-bond acceptors (Lipinski definition) is 3. The molecule has 3 rings (SSSR count). The summed E-state index contributed by atoms with van der Waals surface area (Å²) in [4.78, 5) is 17.6. The van der Waals surface area contributed by atoms with Crippen LogP contribution in [0.1, 0.15) is 31.2 Å². The van der Waals surface area contributed by atoms with E-state index in [0.717, 1.165) is 48.8 Å². The molecule has 124 valence electrons. The van der Waals surface area contributed by atoms with Crippen molar-refractivity contribution in [3.8, 4) is 0 Å². The Kier molecular flexibility index (Phi) is 5.36. The van der Waals surface area contributed by atoms with Gasteiger partial charge in [0.1, 0.15) is 0 Å². The Morgan fingerprint density at radius 3 is 3.04 bits per heavy atom. The Bertz CT molecular complexity index is 729. The van der Waals surface area contributed by atoms with Crippen LogP contribution in [0.3, 0.4) is 0 Å². The summed E-state index contributed by atoms with van der Waals surface area (Å²) in [6, 6.07) is 7.55. The van der Waals surface area contributed by atoms with Crippen molar-refractivity contribution in [1.29, 1.82) is 0 Å². The number of hydrogen-bond donors (Lipinski definition) is 2. The van der Waals surface area contributed by atoms with E-state index in [-0.39, 0.29) is 12.2 Å². The lowest BCUT2D eigenvalue weighted by molar-refractivity contribution is 0.153. The van der Waals surface area contributed by atoms with Gasteiger partial charge in [0.25, 0.3) is 5.56 Å². The molecule has 0 unspecified atom stereocenters. The highest BCUT2D eigenvalue weighted by Crippen LogP contribution is 2.23. The second-order valence-corrected chi connectivity index (χ2v) is 6.90. The van der Waals surface area contributed by atoms with Gasteiger partial charge < -0.3 is 10.1 Å². The molecule has 5 heteroatoms. The molecule has 0 bridgehead atoms. The van der Waals surface area contributed by atoms with E-state index in [2.05, 4.69) is 9.88 Å². The van der Waals surface area contributed by atoms with E-state index in [1.165, 1.54) is 6.42 Å². The van der Waals surface area contributed by atoms with Crippen LogP contribution in [-0.4, -0.2) is 34.7 Å². The lowest BCUT2D eigenvalue weighted by atomic mass is 9.93. The third kappa shape index (κ3) is 4.14. The predicted molar refractivity (Wildman–Crippen MR) is 93.9 cm³/mol. The Morgan fingerprint density at radius 1 is 1.35 bits per heavy atom. The first-order chi connectivity index (χ1) is 11.2. The maximum atomic E-state index is 12.3. The zero-order chi connectivity index (χ0) is 16.2. The van der Waals surface area contributed by atoms with E-state index in [1.807, 2.05) is 18.2 Å². The van der Waals surface area contributed by atoms with Gasteiger partial charge in [-0.3, -0.25) is 9.69 Å². The van der Waals surface area contributed by atoms with Crippen LogP contribution >= 0.6 is 11.6 Å². The summed E-state index contributed by atoms with van der Waals surface area (Å²) >= 11 is 5.98. The van der Waals surface area contributed by atoms with Gasteiger partial charge in [-0.2, -0.15) is 0 Å². The molecule has 0 saturated carbocycles. The van der Waals surface area contributed by atoms with Crippen LogP contribution in [0.4, 0.5) is 0 Å². The number of rotatable bonds is 5. The number of aromatic nitrogens is 1. The number of aliphatic hydroxyl groups is 1. The lowest BCUT2D eigenvalue weighted by Crippen LogP contribution is -2.36. The van der Waals surface area contributed by atoms with Gasteiger partial charge in [-0.25, -0.2) is 0 Å². The molecule has 4 nitrogen and oxygen atoms in total. The fraction of sp³-hybridized carbons (Fsp3) is 0.500. The SMILES string of the molecule is O=c1[nH]c2cc(Cl)ccc2cc1CN1CCC[C@H](CCCO)C1. The minimum atomic E-state index is -0.0303. The minimum absolute atomic E-state index is 0.0303. The molecule has 1 fully saturated rings. The number of aliphatic hydroxyl groups excluding tert-OH is 1. The Hall–Kier alpha value is -1.36. The number of halogens is 1. The molecule has 2 heterocycles. The summed E-state index contributed by atoms with van der Waals surface area (Å²) in [5.74, 6) is 0.634. The first-order valence-electron chi connectivity index (χ1n) is 8.30. The molecule has 2 N–H and O–H groups in total. The Labute approximate surface area is 141 Å². The van der Waals surface area contributed by atoms with Crippen LogP contribution < -0.4 is 5.56 Å². The van der Waals surface area contributed by atoms with Gasteiger partial charge in [0.15, 0.2) is 0 Å². The summed E-state index contributed by atoms with van der Waals surface area (Å²) in [5.41, 5.74) is 1.56. The van der Waals surface area contributed by atoms with Crippen molar-refractivity contribution in [3.63, 3.8) is 0 Å². The van der Waals surface area contributed by atoms with E-state index < -0.39 is 0 Å². The summed E-state index contributed by atoms with van der Waals surface area (Å²) < 4.78 is 0. The molecule has 1 atom stereocenters. The number of H-pyrrole nitrogens is 1. The van der Waals surface area contributed by atoms with Gasteiger partial charge in [-0.05, 0) is 61.7 Å². The van der Waals surface area contributed by atoms with E-state index in [4.69, 9.17) is 16.7 Å². The predicted octanol–water partition coefficient (Wildman–Crippen LogP) is 3.17. The van der Waals surface area contributed by atoms with Gasteiger partial charge in [0, 0.05) is 35.8 Å². The molecule has 0 radical (unpaired) electrons. The molecule has 2 aromatic rings. The fourth-order valence-corrected chi connectivity index (χ4v) is 3.66. The highest BCUT2D eigenvalue weighted by molar-refractivity contribution is 6.31. The molecule has 1 aromatic heterocycles. The molecule has 0 amide bonds. The van der Waals surface area contributed by atoms with Gasteiger partial charge in [-0.15, -0.1) is 0 Å². The van der Waals surface area contributed by atoms with Gasteiger partial charge >= 0.3 is 0 Å². The second kappa shape index (κ2) is 7.47. The van der Waals surface area contributed by atoms with Crippen LogP contribution in [0.15, 0.2) is 29.1 Å². The average molecular weight is 335 g/mol. The number of piperidine rings is 1. The minimum Gasteiger partial charge on any atom is -0.396 e. The number of benzene rings is 1. The maximum absolute atomic E-state index is 12.3. The van der Waals surface area contributed by atoms with Crippen LogP contribution in [0.5, 0.6) is 0 Å².